The van der Waals surface area contributed by atoms with Gasteiger partial charge in [-0.1, -0.05) is 39.7 Å². The molecule has 3 aromatic carbocycles. The van der Waals surface area contributed by atoms with E-state index < -0.39 is 6.04 Å². The van der Waals surface area contributed by atoms with Gasteiger partial charge in [-0.05, 0) is 79.1 Å². The van der Waals surface area contributed by atoms with Crippen molar-refractivity contribution in [2.75, 3.05) is 4.90 Å². The smallest absolute Gasteiger partial charge is 0.295 e. The second-order valence-corrected chi connectivity index (χ2v) is 9.07. The molecule has 4 nitrogen and oxygen atoms in total. The molecule has 154 valence electrons. The minimum Gasteiger partial charge on any atom is -0.450 e. The second kappa shape index (κ2) is 7.36. The Bertz CT molecular complexity index is 1430. The fourth-order valence-electron chi connectivity index (χ4n) is 4.09. The molecule has 6 heteroatoms. The highest BCUT2D eigenvalue weighted by atomic mass is 79.9. The monoisotopic (exact) mass is 493 g/mol. The zero-order chi connectivity index (χ0) is 21.9. The van der Waals surface area contributed by atoms with E-state index in [0.717, 1.165) is 21.2 Å². The van der Waals surface area contributed by atoms with Crippen molar-refractivity contribution >= 4 is 50.1 Å². The molecule has 0 saturated carbocycles. The molecule has 1 aliphatic heterocycles. The number of carbonyl (C=O) groups is 1. The van der Waals surface area contributed by atoms with Gasteiger partial charge in [0.2, 0.25) is 5.76 Å². The van der Waals surface area contributed by atoms with Crippen molar-refractivity contribution in [1.82, 2.24) is 0 Å². The van der Waals surface area contributed by atoms with Gasteiger partial charge in [-0.3, -0.25) is 14.5 Å². The predicted molar refractivity (Wildman–Crippen MR) is 126 cm³/mol. The van der Waals surface area contributed by atoms with Crippen LogP contribution >= 0.6 is 27.5 Å². The van der Waals surface area contributed by atoms with Crippen LogP contribution in [0, 0.1) is 13.8 Å². The summed E-state index contributed by atoms with van der Waals surface area (Å²) in [6, 6.07) is 17.6. The molecular weight excluding hydrogens is 478 g/mol. The Kier molecular flexibility index (Phi) is 4.76. The summed E-state index contributed by atoms with van der Waals surface area (Å²) in [5.41, 5.74) is 3.97. The number of anilines is 1. The van der Waals surface area contributed by atoms with Crippen molar-refractivity contribution < 1.29 is 9.21 Å². The number of hydrogen-bond acceptors (Lipinski definition) is 3. The number of fused-ring (bicyclic) bond motifs is 2. The average Bonchev–Trinajstić information content (AvgIpc) is 3.03. The van der Waals surface area contributed by atoms with Crippen LogP contribution < -0.4 is 10.3 Å². The molecule has 0 N–H and O–H groups in total. The molecule has 2 heterocycles. The van der Waals surface area contributed by atoms with E-state index in [9.17, 15) is 9.59 Å². The molecule has 4 aromatic rings. The van der Waals surface area contributed by atoms with Crippen LogP contribution in [-0.2, 0) is 0 Å². The van der Waals surface area contributed by atoms with E-state index >= 15 is 0 Å². The van der Waals surface area contributed by atoms with Gasteiger partial charge < -0.3 is 4.42 Å². The highest BCUT2D eigenvalue weighted by Gasteiger charge is 2.43. The third-order valence-corrected chi connectivity index (χ3v) is 6.52. The zero-order valence-corrected chi connectivity index (χ0v) is 19.1. The van der Waals surface area contributed by atoms with E-state index in [-0.39, 0.29) is 17.1 Å². The maximum atomic E-state index is 13.6. The van der Waals surface area contributed by atoms with Gasteiger partial charge in [0.15, 0.2) is 5.43 Å². The molecule has 31 heavy (non-hydrogen) atoms. The minimum atomic E-state index is -0.635. The lowest BCUT2D eigenvalue weighted by Crippen LogP contribution is -2.29. The maximum Gasteiger partial charge on any atom is 0.295 e. The first-order valence-electron chi connectivity index (χ1n) is 9.77. The van der Waals surface area contributed by atoms with Crippen molar-refractivity contribution in [3.05, 3.63) is 108 Å². The van der Waals surface area contributed by atoms with Crippen molar-refractivity contribution in [2.45, 2.75) is 19.9 Å². The van der Waals surface area contributed by atoms with Crippen LogP contribution in [0.4, 0.5) is 5.69 Å². The summed E-state index contributed by atoms with van der Waals surface area (Å²) in [6.07, 6.45) is 0. The van der Waals surface area contributed by atoms with Gasteiger partial charge in [0.05, 0.1) is 17.0 Å². The molecule has 1 atom stereocenters. The lowest BCUT2D eigenvalue weighted by Gasteiger charge is -2.25. The van der Waals surface area contributed by atoms with Gasteiger partial charge in [-0.25, -0.2) is 0 Å². The Morgan fingerprint density at radius 1 is 0.968 bits per heavy atom. The van der Waals surface area contributed by atoms with Crippen LogP contribution in [0.2, 0.25) is 5.02 Å². The van der Waals surface area contributed by atoms with Crippen LogP contribution in [0.1, 0.15) is 38.9 Å². The number of hydrogen-bond donors (Lipinski definition) is 0. The fourth-order valence-corrected chi connectivity index (χ4v) is 4.55. The zero-order valence-electron chi connectivity index (χ0n) is 16.8. The first kappa shape index (κ1) is 20.0. The number of benzene rings is 3. The number of aryl methyl sites for hydroxylation is 2. The van der Waals surface area contributed by atoms with Gasteiger partial charge in [-0.2, -0.15) is 0 Å². The maximum absolute atomic E-state index is 13.6. The molecule has 5 rings (SSSR count). The number of amides is 1. The largest absolute Gasteiger partial charge is 0.450 e. The SMILES string of the molecule is Cc1cc2oc3c(c(=O)c2cc1C)C(c1cccc(Cl)c1)N(c1ccc(Br)cc1)C3=O. The Morgan fingerprint density at radius 3 is 2.39 bits per heavy atom. The Hall–Kier alpha value is -2.89. The highest BCUT2D eigenvalue weighted by Crippen LogP contribution is 2.42. The molecule has 1 aromatic heterocycles. The number of rotatable bonds is 2. The van der Waals surface area contributed by atoms with E-state index in [0.29, 0.717) is 27.2 Å². The third kappa shape index (κ3) is 3.20. The minimum absolute atomic E-state index is 0.0775. The third-order valence-electron chi connectivity index (χ3n) is 5.76. The summed E-state index contributed by atoms with van der Waals surface area (Å²) in [5, 5.41) is 1.00. The number of nitrogens with zero attached hydrogens (tertiary/aromatic N) is 1. The van der Waals surface area contributed by atoms with E-state index in [4.69, 9.17) is 16.0 Å². The van der Waals surface area contributed by atoms with E-state index in [1.165, 1.54) is 0 Å². The van der Waals surface area contributed by atoms with Crippen molar-refractivity contribution in [3.63, 3.8) is 0 Å². The Labute approximate surface area is 192 Å². The van der Waals surface area contributed by atoms with Crippen molar-refractivity contribution in [2.24, 2.45) is 0 Å². The van der Waals surface area contributed by atoms with Gasteiger partial charge in [-0.15, -0.1) is 0 Å². The van der Waals surface area contributed by atoms with Crippen LogP contribution in [0.15, 0.2) is 74.3 Å². The number of halogens is 2. The molecule has 0 radical (unpaired) electrons. The van der Waals surface area contributed by atoms with Gasteiger partial charge in [0, 0.05) is 15.2 Å². The van der Waals surface area contributed by atoms with Crippen LogP contribution in [-0.4, -0.2) is 5.91 Å². The summed E-state index contributed by atoms with van der Waals surface area (Å²) in [6.45, 7) is 3.90. The molecule has 0 bridgehead atoms. The lowest BCUT2D eigenvalue weighted by atomic mass is 9.97. The summed E-state index contributed by atoms with van der Waals surface area (Å²) in [5.74, 6) is -0.270. The molecule has 1 amide bonds. The first-order chi connectivity index (χ1) is 14.8. The predicted octanol–water partition coefficient (Wildman–Crippen LogP) is 6.58. The topological polar surface area (TPSA) is 50.5 Å². The molecule has 1 aliphatic rings. The lowest BCUT2D eigenvalue weighted by molar-refractivity contribution is 0.0971. The van der Waals surface area contributed by atoms with E-state index in [1.54, 1.807) is 17.0 Å². The van der Waals surface area contributed by atoms with Crippen molar-refractivity contribution in [3.8, 4) is 0 Å². The van der Waals surface area contributed by atoms with Gasteiger partial charge >= 0.3 is 0 Å². The Balaban J connectivity index is 1.83. The molecule has 0 aliphatic carbocycles. The molecule has 0 saturated heterocycles. The van der Waals surface area contributed by atoms with Crippen LogP contribution in [0.5, 0.6) is 0 Å². The molecule has 0 fully saturated rings. The highest BCUT2D eigenvalue weighted by molar-refractivity contribution is 9.10. The first-order valence-corrected chi connectivity index (χ1v) is 10.9. The van der Waals surface area contributed by atoms with Gasteiger partial charge in [0.1, 0.15) is 5.58 Å². The molecular formula is C25H17BrClNO3. The molecule has 1 unspecified atom stereocenters. The van der Waals surface area contributed by atoms with E-state index in [2.05, 4.69) is 15.9 Å². The molecule has 0 spiro atoms. The second-order valence-electron chi connectivity index (χ2n) is 7.72. The number of carbonyl (C=O) groups excluding carboxylic acids is 1. The van der Waals surface area contributed by atoms with Crippen molar-refractivity contribution in [1.29, 1.82) is 0 Å². The van der Waals surface area contributed by atoms with E-state index in [1.807, 2.05) is 62.4 Å². The average molecular weight is 495 g/mol. The van der Waals surface area contributed by atoms with Crippen LogP contribution in [0.25, 0.3) is 11.0 Å². The normalized spacial score (nSPS) is 15.5. The quantitative estimate of drug-likeness (QED) is 0.316. The fraction of sp³-hybridized carbons (Fsp3) is 0.120. The van der Waals surface area contributed by atoms with Crippen LogP contribution in [0.3, 0.4) is 0 Å². The summed E-state index contributed by atoms with van der Waals surface area (Å²) in [4.78, 5) is 28.8. The van der Waals surface area contributed by atoms with Gasteiger partial charge in [0.25, 0.3) is 5.91 Å². The Morgan fingerprint density at radius 2 is 1.68 bits per heavy atom. The summed E-state index contributed by atoms with van der Waals surface area (Å²) in [7, 11) is 0. The summed E-state index contributed by atoms with van der Waals surface area (Å²) < 4.78 is 6.95. The standard InChI is InChI=1S/C25H17BrClNO3/c1-13-10-19-20(11-14(13)2)31-24-21(23(19)29)22(15-4-3-5-17(27)12-15)28(25(24)30)18-8-6-16(26)7-9-18/h3-12,22H,1-2H3. The summed E-state index contributed by atoms with van der Waals surface area (Å²) >= 11 is 9.70.